The SMILES string of the molecule is Cc1cccc(-c2ccc(-c3ccc(-c4ccccc4)cc3C)cc2)c1. The van der Waals surface area contributed by atoms with Crippen LogP contribution in [0.1, 0.15) is 11.1 Å². The van der Waals surface area contributed by atoms with Crippen LogP contribution in [0.15, 0.2) is 97.1 Å². The fourth-order valence-corrected chi connectivity index (χ4v) is 3.46. The van der Waals surface area contributed by atoms with Crippen molar-refractivity contribution in [2.45, 2.75) is 13.8 Å². The Labute approximate surface area is 155 Å². The summed E-state index contributed by atoms with van der Waals surface area (Å²) in [5.41, 5.74) is 10.2. The third kappa shape index (κ3) is 3.32. The minimum Gasteiger partial charge on any atom is -0.0622 e. The Morgan fingerprint density at radius 1 is 0.423 bits per heavy atom. The van der Waals surface area contributed by atoms with Crippen LogP contribution in [0.5, 0.6) is 0 Å². The van der Waals surface area contributed by atoms with Crippen molar-refractivity contribution in [2.75, 3.05) is 0 Å². The van der Waals surface area contributed by atoms with Gasteiger partial charge in [0, 0.05) is 0 Å². The average molecular weight is 334 g/mol. The smallest absolute Gasteiger partial charge is 0.0154 e. The second-order valence-corrected chi connectivity index (χ2v) is 6.84. The van der Waals surface area contributed by atoms with Crippen LogP contribution in [0.4, 0.5) is 0 Å². The molecule has 4 aromatic rings. The summed E-state index contributed by atoms with van der Waals surface area (Å²) in [6.45, 7) is 4.33. The number of benzene rings is 4. The standard InChI is InChI=1S/C26H22/c1-19-7-6-10-24(17-19)22-11-13-23(14-12-22)26-16-15-25(18-20(26)2)21-8-4-3-5-9-21/h3-18H,1-2H3. The van der Waals surface area contributed by atoms with Crippen LogP contribution in [-0.2, 0) is 0 Å². The highest BCUT2D eigenvalue weighted by atomic mass is 14.1. The van der Waals surface area contributed by atoms with E-state index in [9.17, 15) is 0 Å². The van der Waals surface area contributed by atoms with Crippen molar-refractivity contribution >= 4 is 0 Å². The molecule has 0 aliphatic rings. The zero-order chi connectivity index (χ0) is 17.9. The van der Waals surface area contributed by atoms with Gasteiger partial charge >= 0.3 is 0 Å². The van der Waals surface area contributed by atoms with Gasteiger partial charge in [-0.25, -0.2) is 0 Å². The van der Waals surface area contributed by atoms with Gasteiger partial charge in [-0.05, 0) is 52.8 Å². The van der Waals surface area contributed by atoms with Gasteiger partial charge in [0.05, 0.1) is 0 Å². The van der Waals surface area contributed by atoms with Gasteiger partial charge in [-0.3, -0.25) is 0 Å². The van der Waals surface area contributed by atoms with Crippen LogP contribution >= 0.6 is 0 Å². The third-order valence-corrected chi connectivity index (χ3v) is 4.88. The molecule has 0 aliphatic heterocycles. The molecule has 4 rings (SSSR count). The van der Waals surface area contributed by atoms with Gasteiger partial charge in [0.1, 0.15) is 0 Å². The molecule has 0 atom stereocenters. The number of hydrogen-bond acceptors (Lipinski definition) is 0. The fraction of sp³-hybridized carbons (Fsp3) is 0.0769. The summed E-state index contributed by atoms with van der Waals surface area (Å²) in [5.74, 6) is 0. The van der Waals surface area contributed by atoms with Crippen molar-refractivity contribution in [1.29, 1.82) is 0 Å². The van der Waals surface area contributed by atoms with Crippen LogP contribution in [-0.4, -0.2) is 0 Å². The van der Waals surface area contributed by atoms with Crippen molar-refractivity contribution in [2.24, 2.45) is 0 Å². The summed E-state index contributed by atoms with van der Waals surface area (Å²) in [7, 11) is 0. The normalized spacial score (nSPS) is 10.7. The predicted octanol–water partition coefficient (Wildman–Crippen LogP) is 7.30. The first kappa shape index (κ1) is 16.4. The largest absolute Gasteiger partial charge is 0.0622 e. The van der Waals surface area contributed by atoms with Crippen LogP contribution in [0.25, 0.3) is 33.4 Å². The van der Waals surface area contributed by atoms with Crippen LogP contribution in [0.3, 0.4) is 0 Å². The van der Waals surface area contributed by atoms with Crippen LogP contribution in [0.2, 0.25) is 0 Å². The van der Waals surface area contributed by atoms with Crippen molar-refractivity contribution in [3.8, 4) is 33.4 Å². The summed E-state index contributed by atoms with van der Waals surface area (Å²) >= 11 is 0. The molecule has 0 spiro atoms. The molecule has 0 unspecified atom stereocenters. The molecular weight excluding hydrogens is 312 g/mol. The van der Waals surface area contributed by atoms with Crippen molar-refractivity contribution in [3.05, 3.63) is 108 Å². The molecule has 0 nitrogen and oxygen atoms in total. The average Bonchev–Trinajstić information content (AvgIpc) is 2.69. The maximum atomic E-state index is 2.28. The molecule has 0 heterocycles. The van der Waals surface area contributed by atoms with E-state index in [1.807, 2.05) is 0 Å². The maximum absolute atomic E-state index is 2.28. The first-order valence-corrected chi connectivity index (χ1v) is 9.04. The molecule has 0 N–H and O–H groups in total. The number of hydrogen-bond donors (Lipinski definition) is 0. The summed E-state index contributed by atoms with van der Waals surface area (Å²) in [4.78, 5) is 0. The Morgan fingerprint density at radius 2 is 1.00 bits per heavy atom. The molecule has 0 aromatic heterocycles. The van der Waals surface area contributed by atoms with E-state index >= 15 is 0 Å². The molecular formula is C26H22. The molecule has 0 amide bonds. The van der Waals surface area contributed by atoms with Gasteiger partial charge in [-0.15, -0.1) is 0 Å². The molecule has 126 valence electrons. The molecule has 0 bridgehead atoms. The molecule has 0 radical (unpaired) electrons. The van der Waals surface area contributed by atoms with E-state index in [-0.39, 0.29) is 0 Å². The molecule has 0 fully saturated rings. The lowest BCUT2D eigenvalue weighted by Gasteiger charge is -2.10. The Balaban J connectivity index is 1.66. The number of rotatable bonds is 3. The minimum absolute atomic E-state index is 1.26. The van der Waals surface area contributed by atoms with Gasteiger partial charge in [0.15, 0.2) is 0 Å². The topological polar surface area (TPSA) is 0 Å². The third-order valence-electron chi connectivity index (χ3n) is 4.88. The van der Waals surface area contributed by atoms with E-state index < -0.39 is 0 Å². The Kier molecular flexibility index (Phi) is 4.41. The van der Waals surface area contributed by atoms with E-state index in [0.717, 1.165) is 0 Å². The molecule has 0 saturated heterocycles. The van der Waals surface area contributed by atoms with Crippen LogP contribution in [0, 0.1) is 13.8 Å². The van der Waals surface area contributed by atoms with Crippen molar-refractivity contribution < 1.29 is 0 Å². The first-order chi connectivity index (χ1) is 12.7. The van der Waals surface area contributed by atoms with E-state index in [4.69, 9.17) is 0 Å². The van der Waals surface area contributed by atoms with E-state index in [1.165, 1.54) is 44.5 Å². The number of aryl methyl sites for hydroxylation is 2. The zero-order valence-corrected chi connectivity index (χ0v) is 15.2. The second kappa shape index (κ2) is 7.01. The van der Waals surface area contributed by atoms with E-state index in [0.29, 0.717) is 0 Å². The minimum atomic E-state index is 1.26. The lowest BCUT2D eigenvalue weighted by Crippen LogP contribution is -1.86. The molecule has 0 saturated carbocycles. The summed E-state index contributed by atoms with van der Waals surface area (Å²) in [6.07, 6.45) is 0. The monoisotopic (exact) mass is 334 g/mol. The quantitative estimate of drug-likeness (QED) is 0.368. The molecule has 4 aromatic carbocycles. The highest BCUT2D eigenvalue weighted by Gasteiger charge is 2.05. The van der Waals surface area contributed by atoms with Crippen molar-refractivity contribution in [1.82, 2.24) is 0 Å². The van der Waals surface area contributed by atoms with Gasteiger partial charge in [-0.2, -0.15) is 0 Å². The predicted molar refractivity (Wildman–Crippen MR) is 112 cm³/mol. The van der Waals surface area contributed by atoms with E-state index in [2.05, 4.69) is 111 Å². The van der Waals surface area contributed by atoms with Gasteiger partial charge in [0.2, 0.25) is 0 Å². The lowest BCUT2D eigenvalue weighted by atomic mass is 9.94. The van der Waals surface area contributed by atoms with Crippen LogP contribution < -0.4 is 0 Å². The Bertz CT molecular complexity index is 1030. The van der Waals surface area contributed by atoms with Gasteiger partial charge in [-0.1, -0.05) is 103 Å². The van der Waals surface area contributed by atoms with Gasteiger partial charge < -0.3 is 0 Å². The summed E-state index contributed by atoms with van der Waals surface area (Å²) in [5, 5.41) is 0. The lowest BCUT2D eigenvalue weighted by molar-refractivity contribution is 1.44. The molecule has 0 aliphatic carbocycles. The van der Waals surface area contributed by atoms with E-state index in [1.54, 1.807) is 0 Å². The molecule has 0 heteroatoms. The van der Waals surface area contributed by atoms with Crippen molar-refractivity contribution in [3.63, 3.8) is 0 Å². The first-order valence-electron chi connectivity index (χ1n) is 9.04. The second-order valence-electron chi connectivity index (χ2n) is 6.84. The fourth-order valence-electron chi connectivity index (χ4n) is 3.46. The highest BCUT2D eigenvalue weighted by Crippen LogP contribution is 2.30. The highest BCUT2D eigenvalue weighted by molar-refractivity contribution is 5.75. The summed E-state index contributed by atoms with van der Waals surface area (Å²) in [6, 6.07) is 34.8. The summed E-state index contributed by atoms with van der Waals surface area (Å²) < 4.78 is 0. The Morgan fingerprint density at radius 3 is 1.69 bits per heavy atom. The molecule has 26 heavy (non-hydrogen) atoms. The maximum Gasteiger partial charge on any atom is -0.0154 e. The Hall–Kier alpha value is -3.12. The van der Waals surface area contributed by atoms with Gasteiger partial charge in [0.25, 0.3) is 0 Å². The zero-order valence-electron chi connectivity index (χ0n) is 15.2.